The summed E-state index contributed by atoms with van der Waals surface area (Å²) in [5.74, 6) is 1.24. The van der Waals surface area contributed by atoms with Crippen LogP contribution >= 0.6 is 0 Å². The normalized spacial score (nSPS) is 20.5. The number of pyridine rings is 1. The van der Waals surface area contributed by atoms with Crippen LogP contribution in [0.15, 0.2) is 40.9 Å². The fourth-order valence-corrected chi connectivity index (χ4v) is 4.24. The second-order valence-electron chi connectivity index (χ2n) is 7.89. The van der Waals surface area contributed by atoms with Gasteiger partial charge in [0.1, 0.15) is 5.69 Å². The van der Waals surface area contributed by atoms with E-state index in [1.54, 1.807) is 6.20 Å². The molecule has 8 heteroatoms. The summed E-state index contributed by atoms with van der Waals surface area (Å²) in [6.07, 6.45) is 3.63. The Balaban J connectivity index is 1.30. The van der Waals surface area contributed by atoms with Crippen LogP contribution in [0.2, 0.25) is 0 Å². The summed E-state index contributed by atoms with van der Waals surface area (Å²) in [5, 5.41) is 10.7. The highest BCUT2D eigenvalue weighted by atomic mass is 16.5. The van der Waals surface area contributed by atoms with Crippen LogP contribution in [0.1, 0.15) is 24.7 Å². The lowest BCUT2D eigenvalue weighted by Crippen LogP contribution is -2.47. The Morgan fingerprint density at radius 1 is 1.10 bits per heavy atom. The van der Waals surface area contributed by atoms with Crippen LogP contribution in [0.5, 0.6) is 0 Å². The average molecular weight is 407 g/mol. The number of morpholine rings is 1. The summed E-state index contributed by atoms with van der Waals surface area (Å²) in [4.78, 5) is 21.3. The molecule has 0 saturated carbocycles. The number of rotatable bonds is 4. The zero-order valence-electron chi connectivity index (χ0n) is 16.9. The van der Waals surface area contributed by atoms with Crippen LogP contribution in [0.4, 0.5) is 0 Å². The number of benzene rings is 1. The molecule has 0 bridgehead atoms. The highest BCUT2D eigenvalue weighted by Crippen LogP contribution is 2.30. The van der Waals surface area contributed by atoms with Gasteiger partial charge in [-0.1, -0.05) is 24.3 Å². The predicted molar refractivity (Wildman–Crippen MR) is 111 cm³/mol. The number of carbonyl (C=O) groups excluding carboxylic acids is 1. The van der Waals surface area contributed by atoms with Gasteiger partial charge in [-0.3, -0.25) is 14.7 Å². The van der Waals surface area contributed by atoms with E-state index in [0.29, 0.717) is 43.8 Å². The predicted octanol–water partition coefficient (Wildman–Crippen LogP) is 2.32. The number of hydrogen-bond acceptors (Lipinski definition) is 7. The minimum Gasteiger partial charge on any atom is -0.419 e. The smallest absolute Gasteiger partial charge is 0.266 e. The van der Waals surface area contributed by atoms with E-state index in [2.05, 4.69) is 20.1 Å². The van der Waals surface area contributed by atoms with Gasteiger partial charge in [-0.2, -0.15) is 0 Å². The van der Waals surface area contributed by atoms with Crippen molar-refractivity contribution in [3.8, 4) is 11.6 Å². The molecule has 3 aromatic rings. The van der Waals surface area contributed by atoms with Gasteiger partial charge in [-0.15, -0.1) is 10.2 Å². The minimum atomic E-state index is 0.0589. The van der Waals surface area contributed by atoms with E-state index in [1.165, 1.54) is 0 Å². The Morgan fingerprint density at radius 3 is 2.87 bits per heavy atom. The standard InChI is InChI=1S/C22H25N5O3/c28-19(15-26-10-12-29-13-11-26)27-9-3-5-17(14-27)21-24-25-22(30-21)20-18-6-2-1-4-16(18)7-8-23-20/h1-2,4,6-8,17H,3,5,9-15H2. The summed E-state index contributed by atoms with van der Waals surface area (Å²) in [7, 11) is 0. The maximum Gasteiger partial charge on any atom is 0.266 e. The van der Waals surface area contributed by atoms with Gasteiger partial charge in [0.05, 0.1) is 25.7 Å². The van der Waals surface area contributed by atoms with Crippen LogP contribution in [0, 0.1) is 0 Å². The average Bonchev–Trinajstić information content (AvgIpc) is 3.30. The zero-order chi connectivity index (χ0) is 20.3. The lowest BCUT2D eigenvalue weighted by molar-refractivity contribution is -0.134. The number of fused-ring (bicyclic) bond motifs is 1. The third-order valence-corrected chi connectivity index (χ3v) is 5.90. The molecule has 2 aliphatic heterocycles. The molecule has 2 aromatic heterocycles. The lowest BCUT2D eigenvalue weighted by Gasteiger charge is -2.33. The number of carbonyl (C=O) groups is 1. The zero-order valence-corrected chi connectivity index (χ0v) is 16.9. The molecule has 8 nitrogen and oxygen atoms in total. The molecule has 0 aliphatic carbocycles. The van der Waals surface area contributed by atoms with E-state index < -0.39 is 0 Å². The second kappa shape index (κ2) is 8.49. The van der Waals surface area contributed by atoms with Gasteiger partial charge in [0.25, 0.3) is 5.89 Å². The number of hydrogen-bond donors (Lipinski definition) is 0. The van der Waals surface area contributed by atoms with Crippen molar-refractivity contribution in [3.63, 3.8) is 0 Å². The molecule has 1 amide bonds. The summed E-state index contributed by atoms with van der Waals surface area (Å²) >= 11 is 0. The first-order valence-corrected chi connectivity index (χ1v) is 10.5. The van der Waals surface area contributed by atoms with Crippen molar-refractivity contribution in [2.45, 2.75) is 18.8 Å². The number of amides is 1. The first kappa shape index (κ1) is 19.1. The Kier molecular flexibility index (Phi) is 5.42. The van der Waals surface area contributed by atoms with Gasteiger partial charge in [0.2, 0.25) is 11.8 Å². The van der Waals surface area contributed by atoms with E-state index in [-0.39, 0.29) is 11.8 Å². The molecule has 1 aromatic carbocycles. The van der Waals surface area contributed by atoms with Crippen LogP contribution < -0.4 is 0 Å². The number of aromatic nitrogens is 3. The molecular weight excluding hydrogens is 382 g/mol. The van der Waals surface area contributed by atoms with E-state index in [9.17, 15) is 4.79 Å². The minimum absolute atomic E-state index is 0.0589. The molecule has 2 aliphatic rings. The molecule has 1 unspecified atom stereocenters. The molecule has 5 rings (SSSR count). The second-order valence-corrected chi connectivity index (χ2v) is 7.89. The van der Waals surface area contributed by atoms with E-state index in [1.807, 2.05) is 35.2 Å². The Morgan fingerprint density at radius 2 is 1.97 bits per heavy atom. The SMILES string of the molecule is O=C(CN1CCOCC1)N1CCCC(c2nnc(-c3nccc4ccccc34)o2)C1. The van der Waals surface area contributed by atoms with E-state index >= 15 is 0 Å². The van der Waals surface area contributed by atoms with Crippen molar-refractivity contribution in [2.24, 2.45) is 0 Å². The van der Waals surface area contributed by atoms with E-state index in [0.717, 1.165) is 43.2 Å². The molecule has 0 spiro atoms. The monoisotopic (exact) mass is 407 g/mol. The quantitative estimate of drug-likeness (QED) is 0.656. The third-order valence-electron chi connectivity index (χ3n) is 5.90. The van der Waals surface area contributed by atoms with Gasteiger partial charge < -0.3 is 14.1 Å². The van der Waals surface area contributed by atoms with Crippen molar-refractivity contribution in [1.82, 2.24) is 25.0 Å². The van der Waals surface area contributed by atoms with Gasteiger partial charge in [-0.05, 0) is 24.3 Å². The summed E-state index contributed by atoms with van der Waals surface area (Å²) < 4.78 is 11.4. The topological polar surface area (TPSA) is 84.6 Å². The van der Waals surface area contributed by atoms with E-state index in [4.69, 9.17) is 9.15 Å². The number of piperidine rings is 1. The Hall–Kier alpha value is -2.84. The molecule has 0 N–H and O–H groups in total. The van der Waals surface area contributed by atoms with Gasteiger partial charge >= 0.3 is 0 Å². The number of ether oxygens (including phenoxy) is 1. The molecular formula is C22H25N5O3. The Labute approximate surface area is 174 Å². The van der Waals surface area contributed by atoms with Crippen LogP contribution in [-0.4, -0.2) is 76.8 Å². The molecule has 0 radical (unpaired) electrons. The first-order valence-electron chi connectivity index (χ1n) is 10.5. The van der Waals surface area contributed by atoms with Crippen molar-refractivity contribution >= 4 is 16.7 Å². The number of nitrogens with zero attached hydrogens (tertiary/aromatic N) is 5. The summed E-state index contributed by atoms with van der Waals surface area (Å²) in [6, 6.07) is 9.99. The molecule has 2 fully saturated rings. The molecule has 156 valence electrons. The van der Waals surface area contributed by atoms with Crippen molar-refractivity contribution in [3.05, 3.63) is 42.4 Å². The van der Waals surface area contributed by atoms with Crippen molar-refractivity contribution in [2.75, 3.05) is 45.9 Å². The fraction of sp³-hybridized carbons (Fsp3) is 0.455. The molecule has 4 heterocycles. The van der Waals surface area contributed by atoms with Gasteiger partial charge in [-0.25, -0.2) is 0 Å². The highest BCUT2D eigenvalue weighted by Gasteiger charge is 2.29. The van der Waals surface area contributed by atoms with Crippen LogP contribution in [0.3, 0.4) is 0 Å². The summed E-state index contributed by atoms with van der Waals surface area (Å²) in [6.45, 7) is 4.87. The maximum absolute atomic E-state index is 12.8. The van der Waals surface area contributed by atoms with Crippen molar-refractivity contribution in [1.29, 1.82) is 0 Å². The first-order chi connectivity index (χ1) is 14.8. The van der Waals surface area contributed by atoms with Gasteiger partial charge in [0.15, 0.2) is 0 Å². The maximum atomic E-state index is 12.8. The lowest BCUT2D eigenvalue weighted by atomic mass is 9.98. The summed E-state index contributed by atoms with van der Waals surface area (Å²) in [5.41, 5.74) is 0.697. The fourth-order valence-electron chi connectivity index (χ4n) is 4.24. The van der Waals surface area contributed by atoms with Gasteiger partial charge in [0, 0.05) is 37.8 Å². The molecule has 30 heavy (non-hydrogen) atoms. The number of likely N-dealkylation sites (tertiary alicyclic amines) is 1. The molecule has 1 atom stereocenters. The molecule has 2 saturated heterocycles. The van der Waals surface area contributed by atoms with Crippen molar-refractivity contribution < 1.29 is 13.9 Å². The van der Waals surface area contributed by atoms with Crippen LogP contribution in [-0.2, 0) is 9.53 Å². The highest BCUT2D eigenvalue weighted by molar-refractivity contribution is 5.92. The van der Waals surface area contributed by atoms with Crippen LogP contribution in [0.25, 0.3) is 22.4 Å². The largest absolute Gasteiger partial charge is 0.419 e. The Bertz CT molecular complexity index is 1030. The third kappa shape index (κ3) is 3.93.